The third kappa shape index (κ3) is 3.44. The van der Waals surface area contributed by atoms with E-state index in [2.05, 4.69) is 39.6 Å². The first-order valence-electron chi connectivity index (χ1n) is 5.91. The third-order valence-electron chi connectivity index (χ3n) is 2.21. The van der Waals surface area contributed by atoms with Crippen LogP contribution in [0.15, 0.2) is 22.9 Å². The van der Waals surface area contributed by atoms with Gasteiger partial charge in [0.15, 0.2) is 5.82 Å². The first kappa shape index (κ1) is 12.3. The Labute approximate surface area is 106 Å². The van der Waals surface area contributed by atoms with Gasteiger partial charge in [0.25, 0.3) is 0 Å². The molecule has 96 valence electrons. The third-order valence-corrected chi connectivity index (χ3v) is 2.21. The molecule has 18 heavy (non-hydrogen) atoms. The molecule has 0 amide bonds. The molecule has 0 aliphatic carbocycles. The van der Waals surface area contributed by atoms with E-state index >= 15 is 0 Å². The van der Waals surface area contributed by atoms with Crippen molar-refractivity contribution < 1.29 is 4.52 Å². The van der Waals surface area contributed by atoms with Gasteiger partial charge in [-0.1, -0.05) is 19.0 Å². The molecule has 2 N–H and O–H groups in total. The minimum atomic E-state index is 0.497. The van der Waals surface area contributed by atoms with E-state index in [4.69, 9.17) is 4.52 Å². The van der Waals surface area contributed by atoms with Crippen LogP contribution in [0.2, 0.25) is 0 Å². The van der Waals surface area contributed by atoms with Crippen LogP contribution in [-0.4, -0.2) is 21.7 Å². The van der Waals surface area contributed by atoms with Crippen molar-refractivity contribution in [2.45, 2.75) is 20.8 Å². The molecular formula is C12H17N5O. The van der Waals surface area contributed by atoms with E-state index in [0.717, 1.165) is 18.1 Å². The molecule has 0 fully saturated rings. The normalized spacial score (nSPS) is 10.7. The molecular weight excluding hydrogens is 230 g/mol. The Hall–Kier alpha value is -2.11. The number of aryl methyl sites for hydroxylation is 1. The maximum atomic E-state index is 4.96. The van der Waals surface area contributed by atoms with E-state index in [0.29, 0.717) is 17.7 Å². The summed E-state index contributed by atoms with van der Waals surface area (Å²) >= 11 is 0. The van der Waals surface area contributed by atoms with Gasteiger partial charge >= 0.3 is 0 Å². The highest BCUT2D eigenvalue weighted by Gasteiger charge is 2.04. The molecule has 6 nitrogen and oxygen atoms in total. The topological polar surface area (TPSA) is 75.9 Å². The number of nitrogens with one attached hydrogen (secondary N) is 2. The standard InChI is InChI=1S/C12H17N5O/c1-8(2)7-14-10-4-5-13-12(15-10)16-11-6-9(3)18-17-11/h4-6,8H,7H2,1-3H3,(H2,13,14,15,16,17). The highest BCUT2D eigenvalue weighted by molar-refractivity contribution is 5.49. The van der Waals surface area contributed by atoms with E-state index < -0.39 is 0 Å². The molecule has 6 heteroatoms. The molecule has 0 saturated heterocycles. The van der Waals surface area contributed by atoms with E-state index in [-0.39, 0.29) is 0 Å². The zero-order valence-electron chi connectivity index (χ0n) is 10.8. The Morgan fingerprint density at radius 1 is 1.33 bits per heavy atom. The molecule has 2 rings (SSSR count). The van der Waals surface area contributed by atoms with Gasteiger partial charge in [0.05, 0.1) is 0 Å². The first-order valence-corrected chi connectivity index (χ1v) is 5.91. The maximum Gasteiger partial charge on any atom is 0.230 e. The monoisotopic (exact) mass is 247 g/mol. The zero-order valence-corrected chi connectivity index (χ0v) is 10.8. The quantitative estimate of drug-likeness (QED) is 0.845. The second-order valence-electron chi connectivity index (χ2n) is 4.49. The highest BCUT2D eigenvalue weighted by atomic mass is 16.5. The van der Waals surface area contributed by atoms with Crippen LogP contribution >= 0.6 is 0 Å². The molecule has 0 spiro atoms. The lowest BCUT2D eigenvalue weighted by Gasteiger charge is -2.08. The van der Waals surface area contributed by atoms with Crippen LogP contribution in [0.3, 0.4) is 0 Å². The fraction of sp³-hybridized carbons (Fsp3) is 0.417. The molecule has 0 radical (unpaired) electrons. The summed E-state index contributed by atoms with van der Waals surface area (Å²) in [5, 5.41) is 10.1. The van der Waals surface area contributed by atoms with Crippen molar-refractivity contribution >= 4 is 17.6 Å². The van der Waals surface area contributed by atoms with Crippen LogP contribution in [0.5, 0.6) is 0 Å². The number of nitrogens with zero attached hydrogens (tertiary/aromatic N) is 3. The summed E-state index contributed by atoms with van der Waals surface area (Å²) < 4.78 is 4.96. The fourth-order valence-electron chi connectivity index (χ4n) is 1.37. The molecule has 0 unspecified atom stereocenters. The minimum absolute atomic E-state index is 0.497. The summed E-state index contributed by atoms with van der Waals surface area (Å²) in [6.45, 7) is 7.00. The summed E-state index contributed by atoms with van der Waals surface area (Å²) in [6, 6.07) is 3.62. The fourth-order valence-corrected chi connectivity index (χ4v) is 1.37. The molecule has 0 aliphatic rings. The number of anilines is 3. The molecule has 0 aromatic carbocycles. The molecule has 2 aromatic rings. The van der Waals surface area contributed by atoms with Crippen molar-refractivity contribution in [1.29, 1.82) is 0 Å². The van der Waals surface area contributed by atoms with Crippen molar-refractivity contribution in [3.63, 3.8) is 0 Å². The summed E-state index contributed by atoms with van der Waals surface area (Å²) in [4.78, 5) is 8.46. The van der Waals surface area contributed by atoms with Gasteiger partial charge in [-0.3, -0.25) is 0 Å². The van der Waals surface area contributed by atoms with Crippen molar-refractivity contribution in [2.24, 2.45) is 5.92 Å². The molecule has 2 heterocycles. The second kappa shape index (κ2) is 5.48. The van der Waals surface area contributed by atoms with Crippen LogP contribution in [-0.2, 0) is 0 Å². The lowest BCUT2D eigenvalue weighted by Crippen LogP contribution is -2.10. The number of hydrogen-bond donors (Lipinski definition) is 2. The Balaban J connectivity index is 2.02. The highest BCUT2D eigenvalue weighted by Crippen LogP contribution is 2.13. The van der Waals surface area contributed by atoms with Gasteiger partial charge in [-0.15, -0.1) is 0 Å². The minimum Gasteiger partial charge on any atom is -0.370 e. The van der Waals surface area contributed by atoms with Gasteiger partial charge in [-0.2, -0.15) is 4.98 Å². The largest absolute Gasteiger partial charge is 0.370 e. The van der Waals surface area contributed by atoms with Gasteiger partial charge in [-0.25, -0.2) is 4.98 Å². The van der Waals surface area contributed by atoms with Crippen molar-refractivity contribution in [1.82, 2.24) is 15.1 Å². The van der Waals surface area contributed by atoms with Crippen molar-refractivity contribution in [2.75, 3.05) is 17.2 Å². The van der Waals surface area contributed by atoms with Crippen LogP contribution in [0.1, 0.15) is 19.6 Å². The first-order chi connectivity index (χ1) is 8.63. The van der Waals surface area contributed by atoms with Gasteiger partial charge in [0.2, 0.25) is 5.95 Å². The number of aromatic nitrogens is 3. The second-order valence-corrected chi connectivity index (χ2v) is 4.49. The van der Waals surface area contributed by atoms with Crippen LogP contribution in [0.25, 0.3) is 0 Å². The predicted molar refractivity (Wildman–Crippen MR) is 69.9 cm³/mol. The molecule has 2 aromatic heterocycles. The van der Waals surface area contributed by atoms with Crippen LogP contribution in [0.4, 0.5) is 17.6 Å². The number of rotatable bonds is 5. The average molecular weight is 247 g/mol. The summed E-state index contributed by atoms with van der Waals surface area (Å²) in [6.07, 6.45) is 1.70. The lowest BCUT2D eigenvalue weighted by molar-refractivity contribution is 0.400. The van der Waals surface area contributed by atoms with E-state index in [1.807, 2.05) is 13.0 Å². The summed E-state index contributed by atoms with van der Waals surface area (Å²) in [5.74, 6) is 3.20. The Morgan fingerprint density at radius 2 is 2.17 bits per heavy atom. The van der Waals surface area contributed by atoms with Gasteiger partial charge < -0.3 is 15.2 Å². The van der Waals surface area contributed by atoms with E-state index in [9.17, 15) is 0 Å². The molecule has 0 aliphatic heterocycles. The Kier molecular flexibility index (Phi) is 3.76. The summed E-state index contributed by atoms with van der Waals surface area (Å²) in [5.41, 5.74) is 0. The number of hydrogen-bond acceptors (Lipinski definition) is 6. The van der Waals surface area contributed by atoms with Crippen molar-refractivity contribution in [3.8, 4) is 0 Å². The Morgan fingerprint density at radius 3 is 2.83 bits per heavy atom. The van der Waals surface area contributed by atoms with Crippen LogP contribution in [0, 0.1) is 12.8 Å². The average Bonchev–Trinajstić information content (AvgIpc) is 2.73. The van der Waals surface area contributed by atoms with Gasteiger partial charge in [0.1, 0.15) is 11.6 Å². The smallest absolute Gasteiger partial charge is 0.230 e. The van der Waals surface area contributed by atoms with Crippen LogP contribution < -0.4 is 10.6 Å². The molecule has 0 saturated carbocycles. The van der Waals surface area contributed by atoms with Gasteiger partial charge in [0, 0.05) is 18.8 Å². The predicted octanol–water partition coefficient (Wildman–Crippen LogP) is 2.58. The van der Waals surface area contributed by atoms with Gasteiger partial charge in [-0.05, 0) is 18.9 Å². The maximum absolute atomic E-state index is 4.96. The summed E-state index contributed by atoms with van der Waals surface area (Å²) in [7, 11) is 0. The zero-order chi connectivity index (χ0) is 13.0. The SMILES string of the molecule is Cc1cc(Nc2nccc(NCC(C)C)n2)no1. The van der Waals surface area contributed by atoms with Crippen molar-refractivity contribution in [3.05, 3.63) is 24.1 Å². The Bertz CT molecular complexity index is 509. The van der Waals surface area contributed by atoms with E-state index in [1.54, 1.807) is 12.3 Å². The molecule has 0 atom stereocenters. The van der Waals surface area contributed by atoms with E-state index in [1.165, 1.54) is 0 Å². The molecule has 0 bridgehead atoms. The lowest BCUT2D eigenvalue weighted by atomic mass is 10.2.